The fourth-order valence-corrected chi connectivity index (χ4v) is 3.87. The number of rotatable bonds is 4. The molecule has 1 aromatic carbocycles. The number of aromatic nitrogens is 2. The minimum Gasteiger partial charge on any atom is -0.313 e. The molecule has 1 fully saturated rings. The number of hydrogen-bond donors (Lipinski definition) is 1. The lowest BCUT2D eigenvalue weighted by Crippen LogP contribution is -2.39. The molecule has 0 saturated carbocycles. The third kappa shape index (κ3) is 3.77. The zero-order valence-electron chi connectivity index (χ0n) is 15.9. The summed E-state index contributed by atoms with van der Waals surface area (Å²) in [4.78, 5) is 20.4. The number of aryl methyl sites for hydroxylation is 1. The molecular formula is C20H30N4O. The van der Waals surface area contributed by atoms with Gasteiger partial charge in [-0.1, -0.05) is 25.0 Å². The Labute approximate surface area is 150 Å². The van der Waals surface area contributed by atoms with Crippen LogP contribution in [0.3, 0.4) is 0 Å². The molecule has 5 heteroatoms. The van der Waals surface area contributed by atoms with Crippen LogP contribution in [0.2, 0.25) is 0 Å². The van der Waals surface area contributed by atoms with Gasteiger partial charge in [0.1, 0.15) is 5.82 Å². The molecule has 1 N–H and O–H groups in total. The topological polar surface area (TPSA) is 50.2 Å². The zero-order chi connectivity index (χ0) is 18.0. The van der Waals surface area contributed by atoms with Crippen molar-refractivity contribution in [3.63, 3.8) is 0 Å². The summed E-state index contributed by atoms with van der Waals surface area (Å²) in [5, 5.41) is 4.27. The van der Waals surface area contributed by atoms with Crippen molar-refractivity contribution in [3.8, 4) is 0 Å². The smallest absolute Gasteiger partial charge is 0.261 e. The van der Waals surface area contributed by atoms with Gasteiger partial charge in [-0.15, -0.1) is 0 Å². The van der Waals surface area contributed by atoms with E-state index in [1.807, 2.05) is 32.2 Å². The van der Waals surface area contributed by atoms with Crippen molar-refractivity contribution < 1.29 is 0 Å². The summed E-state index contributed by atoms with van der Waals surface area (Å²) in [5.41, 5.74) is 1.97. The first-order valence-corrected chi connectivity index (χ1v) is 9.46. The summed E-state index contributed by atoms with van der Waals surface area (Å²) in [6.07, 6.45) is 3.22. The standard InChI is InChI=1S/C20H30N4O/c1-5-7-18(24-11-6-10-21-15(3)13-24)19-22-17-9-8-14(2)12-16(17)20(25)23(19)4/h8-9,12,15,18,21H,5-7,10-11,13H2,1-4H3/t15-,18+/m1/s1. The van der Waals surface area contributed by atoms with Gasteiger partial charge >= 0.3 is 0 Å². The number of benzene rings is 1. The van der Waals surface area contributed by atoms with Gasteiger partial charge in [0, 0.05) is 26.2 Å². The molecule has 2 atom stereocenters. The normalized spacial score (nSPS) is 20.6. The average Bonchev–Trinajstić information content (AvgIpc) is 2.81. The lowest BCUT2D eigenvalue weighted by molar-refractivity contribution is 0.175. The van der Waals surface area contributed by atoms with Crippen molar-refractivity contribution in [1.29, 1.82) is 0 Å². The summed E-state index contributed by atoms with van der Waals surface area (Å²) in [5.74, 6) is 0.900. The summed E-state index contributed by atoms with van der Waals surface area (Å²) >= 11 is 0. The molecule has 3 rings (SSSR count). The molecule has 5 nitrogen and oxygen atoms in total. The largest absolute Gasteiger partial charge is 0.313 e. The fourth-order valence-electron chi connectivity index (χ4n) is 3.87. The van der Waals surface area contributed by atoms with E-state index in [2.05, 4.69) is 24.1 Å². The van der Waals surface area contributed by atoms with Crippen LogP contribution in [0.1, 0.15) is 50.5 Å². The second-order valence-electron chi connectivity index (χ2n) is 7.36. The maximum atomic E-state index is 12.9. The predicted molar refractivity (Wildman–Crippen MR) is 103 cm³/mol. The third-order valence-electron chi connectivity index (χ3n) is 5.19. The van der Waals surface area contributed by atoms with Gasteiger partial charge in [0.2, 0.25) is 0 Å². The number of hydrogen-bond acceptors (Lipinski definition) is 4. The van der Waals surface area contributed by atoms with Gasteiger partial charge in [0.25, 0.3) is 5.56 Å². The van der Waals surface area contributed by atoms with E-state index < -0.39 is 0 Å². The molecule has 1 aliphatic rings. The predicted octanol–water partition coefficient (Wildman–Crippen LogP) is 2.77. The highest BCUT2D eigenvalue weighted by Gasteiger charge is 2.26. The van der Waals surface area contributed by atoms with Gasteiger partial charge in [-0.05, 0) is 45.4 Å². The van der Waals surface area contributed by atoms with E-state index in [4.69, 9.17) is 4.98 Å². The quantitative estimate of drug-likeness (QED) is 0.928. The first-order chi connectivity index (χ1) is 12.0. The molecule has 0 radical (unpaired) electrons. The second-order valence-corrected chi connectivity index (χ2v) is 7.36. The molecular weight excluding hydrogens is 312 g/mol. The van der Waals surface area contributed by atoms with E-state index in [-0.39, 0.29) is 11.6 Å². The summed E-state index contributed by atoms with van der Waals surface area (Å²) in [6, 6.07) is 6.61. The Kier molecular flexibility index (Phi) is 5.54. The second kappa shape index (κ2) is 7.67. The maximum absolute atomic E-state index is 12.9. The maximum Gasteiger partial charge on any atom is 0.261 e. The van der Waals surface area contributed by atoms with E-state index in [1.54, 1.807) is 4.57 Å². The molecule has 0 aliphatic carbocycles. The molecule has 2 aromatic rings. The molecule has 1 saturated heterocycles. The van der Waals surface area contributed by atoms with Crippen molar-refractivity contribution in [2.45, 2.75) is 52.1 Å². The van der Waals surface area contributed by atoms with Gasteiger partial charge < -0.3 is 5.32 Å². The molecule has 0 amide bonds. The Morgan fingerprint density at radius 2 is 2.20 bits per heavy atom. The van der Waals surface area contributed by atoms with Crippen molar-refractivity contribution >= 4 is 10.9 Å². The number of nitrogens with one attached hydrogen (secondary N) is 1. The highest BCUT2D eigenvalue weighted by atomic mass is 16.1. The highest BCUT2D eigenvalue weighted by Crippen LogP contribution is 2.26. The molecule has 0 unspecified atom stereocenters. The summed E-state index contributed by atoms with van der Waals surface area (Å²) in [7, 11) is 1.87. The first-order valence-electron chi connectivity index (χ1n) is 9.46. The molecule has 2 heterocycles. The minimum absolute atomic E-state index is 0.0609. The van der Waals surface area contributed by atoms with E-state index in [9.17, 15) is 4.79 Å². The Morgan fingerprint density at radius 1 is 1.40 bits per heavy atom. The number of fused-ring (bicyclic) bond motifs is 1. The van der Waals surface area contributed by atoms with Crippen LogP contribution in [-0.4, -0.2) is 40.1 Å². The van der Waals surface area contributed by atoms with Gasteiger partial charge in [-0.25, -0.2) is 4.98 Å². The Bertz CT molecular complexity index is 798. The van der Waals surface area contributed by atoms with Crippen LogP contribution in [0.5, 0.6) is 0 Å². The van der Waals surface area contributed by atoms with Gasteiger partial charge in [-0.2, -0.15) is 0 Å². The van der Waals surface area contributed by atoms with Crippen LogP contribution < -0.4 is 10.9 Å². The zero-order valence-corrected chi connectivity index (χ0v) is 15.9. The van der Waals surface area contributed by atoms with Crippen LogP contribution >= 0.6 is 0 Å². The van der Waals surface area contributed by atoms with Crippen molar-refractivity contribution in [1.82, 2.24) is 19.8 Å². The molecule has 136 valence electrons. The van der Waals surface area contributed by atoms with E-state index >= 15 is 0 Å². The van der Waals surface area contributed by atoms with Crippen molar-refractivity contribution in [3.05, 3.63) is 39.9 Å². The molecule has 0 bridgehead atoms. The first kappa shape index (κ1) is 18.1. The molecule has 25 heavy (non-hydrogen) atoms. The van der Waals surface area contributed by atoms with Gasteiger partial charge in [0.15, 0.2) is 0 Å². The number of nitrogens with zero attached hydrogens (tertiary/aromatic N) is 3. The monoisotopic (exact) mass is 342 g/mol. The Balaban J connectivity index is 2.08. The van der Waals surface area contributed by atoms with Gasteiger partial charge in [0.05, 0.1) is 16.9 Å². The van der Waals surface area contributed by atoms with E-state index in [0.29, 0.717) is 11.4 Å². The lowest BCUT2D eigenvalue weighted by atomic mass is 10.1. The van der Waals surface area contributed by atoms with Crippen molar-refractivity contribution in [2.75, 3.05) is 19.6 Å². The lowest BCUT2D eigenvalue weighted by Gasteiger charge is -2.32. The van der Waals surface area contributed by atoms with E-state index in [1.165, 1.54) is 0 Å². The van der Waals surface area contributed by atoms with Crippen LogP contribution in [0, 0.1) is 6.92 Å². The molecule has 1 aromatic heterocycles. The highest BCUT2D eigenvalue weighted by molar-refractivity contribution is 5.78. The SMILES string of the molecule is CCC[C@@H](c1nc2ccc(C)cc2c(=O)n1C)N1CCCN[C@H](C)C1. The summed E-state index contributed by atoms with van der Waals surface area (Å²) < 4.78 is 1.77. The van der Waals surface area contributed by atoms with E-state index in [0.717, 1.165) is 55.8 Å². The molecule has 1 aliphatic heterocycles. The van der Waals surface area contributed by atoms with Crippen LogP contribution in [0.4, 0.5) is 0 Å². The molecule has 0 spiro atoms. The third-order valence-corrected chi connectivity index (χ3v) is 5.19. The Morgan fingerprint density at radius 3 is 2.96 bits per heavy atom. The minimum atomic E-state index is 0.0609. The Hall–Kier alpha value is -1.72. The fraction of sp³-hybridized carbons (Fsp3) is 0.600. The van der Waals surface area contributed by atoms with Crippen LogP contribution in [-0.2, 0) is 7.05 Å². The van der Waals surface area contributed by atoms with Crippen LogP contribution in [0.25, 0.3) is 10.9 Å². The van der Waals surface area contributed by atoms with Crippen molar-refractivity contribution in [2.24, 2.45) is 7.05 Å². The average molecular weight is 342 g/mol. The van der Waals surface area contributed by atoms with Crippen LogP contribution in [0.15, 0.2) is 23.0 Å². The summed E-state index contributed by atoms with van der Waals surface area (Å²) in [6.45, 7) is 9.54. The van der Waals surface area contributed by atoms with Gasteiger partial charge in [-0.3, -0.25) is 14.3 Å².